The number of hydrogen-bond donors (Lipinski definition) is 2. The quantitative estimate of drug-likeness (QED) is 0.622. The highest BCUT2D eigenvalue weighted by Gasteiger charge is 2.15. The Hall–Kier alpha value is -2.92. The predicted molar refractivity (Wildman–Crippen MR) is 120 cm³/mol. The molecule has 5 heteroatoms. The summed E-state index contributed by atoms with van der Waals surface area (Å²) in [5.41, 5.74) is 2.64. The Morgan fingerprint density at radius 1 is 0.857 bits per heavy atom. The van der Waals surface area contributed by atoms with Crippen molar-refractivity contribution in [3.8, 4) is 0 Å². The summed E-state index contributed by atoms with van der Waals surface area (Å²) < 4.78 is 0. The van der Waals surface area contributed by atoms with Crippen molar-refractivity contribution in [2.75, 3.05) is 23.3 Å². The first-order valence-electron chi connectivity index (χ1n) is 9.66. The molecular formula is C23H23N3OS. The molecule has 3 aromatic rings. The van der Waals surface area contributed by atoms with Crippen LogP contribution < -0.4 is 15.5 Å². The number of piperidine rings is 1. The maximum absolute atomic E-state index is 12.6. The number of nitrogens with one attached hydrogen (secondary N) is 2. The van der Waals surface area contributed by atoms with Gasteiger partial charge in [-0.05, 0) is 66.5 Å². The van der Waals surface area contributed by atoms with Crippen LogP contribution in [-0.2, 0) is 0 Å². The fraction of sp³-hybridized carbons (Fsp3) is 0.217. The smallest absolute Gasteiger partial charge is 0.257 e. The fourth-order valence-corrected chi connectivity index (χ4v) is 3.85. The van der Waals surface area contributed by atoms with Crippen LogP contribution in [0.3, 0.4) is 0 Å². The van der Waals surface area contributed by atoms with E-state index in [2.05, 4.69) is 21.6 Å². The van der Waals surface area contributed by atoms with E-state index in [1.54, 1.807) is 0 Å². The summed E-state index contributed by atoms with van der Waals surface area (Å²) in [4.78, 5) is 15.0. The van der Waals surface area contributed by atoms with Crippen LogP contribution in [0, 0.1) is 0 Å². The number of fused-ring (bicyclic) bond motifs is 1. The zero-order valence-corrected chi connectivity index (χ0v) is 16.5. The normalized spacial score (nSPS) is 13.9. The lowest BCUT2D eigenvalue weighted by Gasteiger charge is -2.30. The van der Waals surface area contributed by atoms with Crippen molar-refractivity contribution in [2.45, 2.75) is 19.3 Å². The minimum atomic E-state index is -0.210. The predicted octanol–water partition coefficient (Wildman–Crippen LogP) is 4.96. The topological polar surface area (TPSA) is 44.4 Å². The third kappa shape index (κ3) is 4.15. The van der Waals surface area contributed by atoms with Crippen LogP contribution in [0.4, 0.5) is 11.4 Å². The van der Waals surface area contributed by atoms with Gasteiger partial charge in [-0.25, -0.2) is 0 Å². The monoisotopic (exact) mass is 389 g/mol. The molecule has 0 bridgehead atoms. The lowest BCUT2D eigenvalue weighted by atomic mass is 10.1. The number of anilines is 2. The number of thiocarbonyl (C=S) groups is 1. The van der Waals surface area contributed by atoms with Gasteiger partial charge in [0.2, 0.25) is 0 Å². The molecule has 0 spiro atoms. The van der Waals surface area contributed by atoms with E-state index in [0.29, 0.717) is 10.7 Å². The molecule has 1 amide bonds. The SMILES string of the molecule is O=C(NC(=S)Nc1ccccc1N1CCCCC1)c1ccc2ccccc2c1. The van der Waals surface area contributed by atoms with Crippen molar-refractivity contribution in [2.24, 2.45) is 0 Å². The Morgan fingerprint density at radius 2 is 1.57 bits per heavy atom. The maximum atomic E-state index is 12.6. The number of nitrogens with zero attached hydrogens (tertiary/aromatic N) is 1. The minimum absolute atomic E-state index is 0.210. The van der Waals surface area contributed by atoms with Gasteiger partial charge in [-0.1, -0.05) is 42.5 Å². The van der Waals surface area contributed by atoms with Crippen LogP contribution in [0.15, 0.2) is 66.7 Å². The van der Waals surface area contributed by atoms with Crippen molar-refractivity contribution >= 4 is 45.4 Å². The van der Waals surface area contributed by atoms with Gasteiger partial charge in [0.15, 0.2) is 5.11 Å². The van der Waals surface area contributed by atoms with Gasteiger partial charge in [0.1, 0.15) is 0 Å². The van der Waals surface area contributed by atoms with Gasteiger partial charge >= 0.3 is 0 Å². The van der Waals surface area contributed by atoms with Gasteiger partial charge in [-0.3, -0.25) is 10.1 Å². The highest BCUT2D eigenvalue weighted by Crippen LogP contribution is 2.28. The van der Waals surface area contributed by atoms with Crippen LogP contribution >= 0.6 is 12.2 Å². The zero-order valence-electron chi connectivity index (χ0n) is 15.7. The summed E-state index contributed by atoms with van der Waals surface area (Å²) >= 11 is 5.41. The number of carbonyl (C=O) groups excluding carboxylic acids is 1. The summed E-state index contributed by atoms with van der Waals surface area (Å²) in [5.74, 6) is -0.210. The van der Waals surface area contributed by atoms with E-state index in [0.717, 1.165) is 35.2 Å². The summed E-state index contributed by atoms with van der Waals surface area (Å²) in [7, 11) is 0. The van der Waals surface area contributed by atoms with Gasteiger partial charge in [-0.2, -0.15) is 0 Å². The van der Waals surface area contributed by atoms with Gasteiger partial charge < -0.3 is 10.2 Å². The number of hydrogen-bond acceptors (Lipinski definition) is 3. The average molecular weight is 390 g/mol. The summed E-state index contributed by atoms with van der Waals surface area (Å²) in [5, 5.41) is 8.45. The third-order valence-corrected chi connectivity index (χ3v) is 5.29. The van der Waals surface area contributed by atoms with Gasteiger partial charge in [-0.15, -0.1) is 0 Å². The molecule has 0 aromatic heterocycles. The number of rotatable bonds is 3. The van der Waals surface area contributed by atoms with E-state index in [1.807, 2.05) is 60.7 Å². The highest BCUT2D eigenvalue weighted by molar-refractivity contribution is 7.80. The van der Waals surface area contributed by atoms with Crippen molar-refractivity contribution in [3.05, 3.63) is 72.3 Å². The summed E-state index contributed by atoms with van der Waals surface area (Å²) in [6.45, 7) is 2.10. The van der Waals surface area contributed by atoms with Crippen molar-refractivity contribution in [3.63, 3.8) is 0 Å². The van der Waals surface area contributed by atoms with E-state index in [4.69, 9.17) is 12.2 Å². The highest BCUT2D eigenvalue weighted by atomic mass is 32.1. The summed E-state index contributed by atoms with van der Waals surface area (Å²) in [6, 6.07) is 21.7. The van der Waals surface area contributed by atoms with Crippen LogP contribution in [0.5, 0.6) is 0 Å². The van der Waals surface area contributed by atoms with E-state index in [9.17, 15) is 4.79 Å². The molecule has 28 heavy (non-hydrogen) atoms. The van der Waals surface area contributed by atoms with E-state index < -0.39 is 0 Å². The van der Waals surface area contributed by atoms with E-state index >= 15 is 0 Å². The molecule has 1 heterocycles. The average Bonchev–Trinajstić information content (AvgIpc) is 2.74. The Labute approximate surface area is 170 Å². The van der Waals surface area contributed by atoms with E-state index in [-0.39, 0.29) is 5.91 Å². The molecule has 4 rings (SSSR count). The molecule has 0 atom stereocenters. The molecular weight excluding hydrogens is 366 g/mol. The standard InChI is InChI=1S/C23H23N3OS/c27-22(19-13-12-17-8-2-3-9-18(17)16-19)25-23(28)24-20-10-4-5-11-21(20)26-14-6-1-7-15-26/h2-5,8-13,16H,1,6-7,14-15H2,(H2,24,25,27,28). The van der Waals surface area contributed by atoms with Crippen LogP contribution in [0.1, 0.15) is 29.6 Å². The number of carbonyl (C=O) groups is 1. The Balaban J connectivity index is 1.46. The molecule has 0 unspecified atom stereocenters. The molecule has 0 aliphatic carbocycles. The third-order valence-electron chi connectivity index (χ3n) is 5.09. The first kappa shape index (κ1) is 18.4. The molecule has 1 saturated heterocycles. The number of para-hydroxylation sites is 2. The van der Waals surface area contributed by atoms with Crippen LogP contribution in [0.25, 0.3) is 10.8 Å². The lowest BCUT2D eigenvalue weighted by Crippen LogP contribution is -2.35. The lowest BCUT2D eigenvalue weighted by molar-refractivity contribution is 0.0978. The Bertz CT molecular complexity index is 1010. The van der Waals surface area contributed by atoms with Gasteiger partial charge in [0.25, 0.3) is 5.91 Å². The van der Waals surface area contributed by atoms with Crippen molar-refractivity contribution in [1.29, 1.82) is 0 Å². The molecule has 0 radical (unpaired) electrons. The largest absolute Gasteiger partial charge is 0.370 e. The zero-order chi connectivity index (χ0) is 19.3. The molecule has 3 aromatic carbocycles. The van der Waals surface area contributed by atoms with Crippen LogP contribution in [-0.4, -0.2) is 24.1 Å². The maximum Gasteiger partial charge on any atom is 0.257 e. The molecule has 0 saturated carbocycles. The number of benzene rings is 3. The first-order valence-corrected chi connectivity index (χ1v) is 10.1. The molecule has 4 nitrogen and oxygen atoms in total. The molecule has 2 N–H and O–H groups in total. The second-order valence-electron chi connectivity index (χ2n) is 7.04. The Kier molecular flexibility index (Phi) is 5.53. The Morgan fingerprint density at radius 3 is 2.39 bits per heavy atom. The second kappa shape index (κ2) is 8.40. The number of amides is 1. The fourth-order valence-electron chi connectivity index (χ4n) is 3.65. The molecule has 142 valence electrons. The van der Waals surface area contributed by atoms with Crippen molar-refractivity contribution < 1.29 is 4.79 Å². The van der Waals surface area contributed by atoms with E-state index in [1.165, 1.54) is 19.3 Å². The molecule has 1 aliphatic rings. The van der Waals surface area contributed by atoms with Gasteiger partial charge in [0, 0.05) is 18.7 Å². The minimum Gasteiger partial charge on any atom is -0.370 e. The molecule has 1 aliphatic heterocycles. The van der Waals surface area contributed by atoms with Gasteiger partial charge in [0.05, 0.1) is 11.4 Å². The van der Waals surface area contributed by atoms with Crippen molar-refractivity contribution in [1.82, 2.24) is 5.32 Å². The van der Waals surface area contributed by atoms with Crippen LogP contribution in [0.2, 0.25) is 0 Å². The molecule has 1 fully saturated rings. The first-order chi connectivity index (χ1) is 13.7. The summed E-state index contributed by atoms with van der Waals surface area (Å²) in [6.07, 6.45) is 3.70. The second-order valence-corrected chi connectivity index (χ2v) is 7.44.